The number of nitrogens with zero attached hydrogens (tertiary/aromatic N) is 1. The van der Waals surface area contributed by atoms with Crippen LogP contribution in [0, 0.1) is 6.92 Å². The fourth-order valence-electron chi connectivity index (χ4n) is 1.59. The molecular weight excluding hydrogens is 280 g/mol. The number of ketones is 1. The predicted octanol–water partition coefficient (Wildman–Crippen LogP) is 2.97. The third kappa shape index (κ3) is 2.36. The Morgan fingerprint density at radius 2 is 2.06 bits per heavy atom. The van der Waals surface area contributed by atoms with Gasteiger partial charge < -0.3 is 5.73 Å². The number of aromatic nitrogens is 1. The molecule has 0 amide bonds. The van der Waals surface area contributed by atoms with Gasteiger partial charge in [0, 0.05) is 33.2 Å². The van der Waals surface area contributed by atoms with Gasteiger partial charge in [-0.3, -0.25) is 9.78 Å². The standard InChI is InChI=1S/C13H11BrN2O/c1-8-10(3-2-6-16-8)13(17)11-7-9(14)4-5-12(11)15/h2-7H,15H2,1H3. The molecule has 2 rings (SSSR count). The van der Waals surface area contributed by atoms with Crippen molar-refractivity contribution in [3.05, 3.63) is 57.8 Å². The van der Waals surface area contributed by atoms with Crippen LogP contribution in [0.2, 0.25) is 0 Å². The number of benzene rings is 1. The van der Waals surface area contributed by atoms with E-state index in [9.17, 15) is 4.79 Å². The summed E-state index contributed by atoms with van der Waals surface area (Å²) in [5.74, 6) is -0.102. The van der Waals surface area contributed by atoms with Crippen LogP contribution in [0.4, 0.5) is 5.69 Å². The SMILES string of the molecule is Cc1ncccc1C(=O)c1cc(Br)ccc1N. The molecular formula is C13H11BrN2O. The second-order valence-corrected chi connectivity index (χ2v) is 4.61. The minimum Gasteiger partial charge on any atom is -0.398 e. The monoisotopic (exact) mass is 290 g/mol. The molecule has 1 heterocycles. The van der Waals surface area contributed by atoms with Gasteiger partial charge in [-0.25, -0.2) is 0 Å². The second kappa shape index (κ2) is 4.67. The maximum Gasteiger partial charge on any atom is 0.196 e. The first-order valence-electron chi connectivity index (χ1n) is 5.11. The molecule has 0 fully saturated rings. The third-order valence-corrected chi connectivity index (χ3v) is 3.00. The van der Waals surface area contributed by atoms with Gasteiger partial charge >= 0.3 is 0 Å². The molecule has 1 aromatic carbocycles. The van der Waals surface area contributed by atoms with Gasteiger partial charge in [0.05, 0.1) is 0 Å². The number of rotatable bonds is 2. The number of nitrogen functional groups attached to an aromatic ring is 1. The number of carbonyl (C=O) groups excluding carboxylic acids is 1. The van der Waals surface area contributed by atoms with Gasteiger partial charge in [0.15, 0.2) is 5.78 Å². The van der Waals surface area contributed by atoms with Crippen molar-refractivity contribution in [3.8, 4) is 0 Å². The topological polar surface area (TPSA) is 56.0 Å². The first-order valence-corrected chi connectivity index (χ1v) is 5.90. The van der Waals surface area contributed by atoms with Crippen LogP contribution < -0.4 is 5.73 Å². The Hall–Kier alpha value is -1.68. The molecule has 4 heteroatoms. The lowest BCUT2D eigenvalue weighted by Crippen LogP contribution is -2.07. The van der Waals surface area contributed by atoms with Crippen molar-refractivity contribution in [1.29, 1.82) is 0 Å². The summed E-state index contributed by atoms with van der Waals surface area (Å²) in [4.78, 5) is 16.4. The summed E-state index contributed by atoms with van der Waals surface area (Å²) in [6, 6.07) is 8.74. The van der Waals surface area contributed by atoms with Crippen LogP contribution in [0.1, 0.15) is 21.6 Å². The Bertz CT molecular complexity index is 581. The van der Waals surface area contributed by atoms with E-state index in [4.69, 9.17) is 5.73 Å². The molecule has 0 spiro atoms. The summed E-state index contributed by atoms with van der Waals surface area (Å²) < 4.78 is 0.830. The number of hydrogen-bond donors (Lipinski definition) is 1. The highest BCUT2D eigenvalue weighted by molar-refractivity contribution is 9.10. The molecule has 3 nitrogen and oxygen atoms in total. The minimum atomic E-state index is -0.102. The second-order valence-electron chi connectivity index (χ2n) is 3.70. The molecule has 0 aliphatic rings. The Morgan fingerprint density at radius 1 is 1.29 bits per heavy atom. The normalized spacial score (nSPS) is 10.2. The lowest BCUT2D eigenvalue weighted by atomic mass is 10.0. The Morgan fingerprint density at radius 3 is 2.76 bits per heavy atom. The summed E-state index contributed by atoms with van der Waals surface area (Å²) in [6.07, 6.45) is 1.66. The number of nitrogens with two attached hydrogens (primary N) is 1. The highest BCUT2D eigenvalue weighted by Gasteiger charge is 2.15. The first-order chi connectivity index (χ1) is 8.09. The average molecular weight is 291 g/mol. The summed E-state index contributed by atoms with van der Waals surface area (Å²) in [6.45, 7) is 1.81. The van der Waals surface area contributed by atoms with Crippen molar-refractivity contribution >= 4 is 27.4 Å². The lowest BCUT2D eigenvalue weighted by molar-refractivity contribution is 0.103. The molecule has 0 aliphatic heterocycles. The van der Waals surface area contributed by atoms with Gasteiger partial charge in [-0.1, -0.05) is 15.9 Å². The Labute approximate surface area is 108 Å². The van der Waals surface area contributed by atoms with Gasteiger partial charge in [-0.05, 0) is 37.3 Å². The predicted molar refractivity (Wildman–Crippen MR) is 71.0 cm³/mol. The van der Waals surface area contributed by atoms with Gasteiger partial charge in [-0.2, -0.15) is 0 Å². The molecule has 2 aromatic rings. The largest absolute Gasteiger partial charge is 0.398 e. The van der Waals surface area contributed by atoms with E-state index in [1.54, 1.807) is 37.4 Å². The molecule has 1 aromatic heterocycles. The van der Waals surface area contributed by atoms with Crippen molar-refractivity contribution in [3.63, 3.8) is 0 Å². The van der Waals surface area contributed by atoms with Gasteiger partial charge in [0.1, 0.15) is 0 Å². The van der Waals surface area contributed by atoms with E-state index in [1.807, 2.05) is 6.07 Å². The number of anilines is 1. The molecule has 2 N–H and O–H groups in total. The lowest BCUT2D eigenvalue weighted by Gasteiger charge is -2.07. The minimum absolute atomic E-state index is 0.102. The summed E-state index contributed by atoms with van der Waals surface area (Å²) >= 11 is 3.33. The van der Waals surface area contributed by atoms with E-state index in [0.717, 1.165) is 4.47 Å². The van der Waals surface area contributed by atoms with E-state index in [-0.39, 0.29) is 5.78 Å². The van der Waals surface area contributed by atoms with Crippen molar-refractivity contribution in [2.45, 2.75) is 6.92 Å². The maximum absolute atomic E-state index is 12.3. The zero-order chi connectivity index (χ0) is 12.4. The van der Waals surface area contributed by atoms with Gasteiger partial charge in [-0.15, -0.1) is 0 Å². The molecule has 86 valence electrons. The molecule has 0 bridgehead atoms. The fraction of sp³-hybridized carbons (Fsp3) is 0.0769. The summed E-state index contributed by atoms with van der Waals surface area (Å²) in [7, 11) is 0. The van der Waals surface area contributed by atoms with Crippen LogP contribution >= 0.6 is 15.9 Å². The van der Waals surface area contributed by atoms with Crippen LogP contribution in [-0.2, 0) is 0 Å². The van der Waals surface area contributed by atoms with Crippen LogP contribution in [0.25, 0.3) is 0 Å². The van der Waals surface area contributed by atoms with Crippen LogP contribution in [0.15, 0.2) is 41.0 Å². The Kier molecular flexibility index (Phi) is 3.24. The molecule has 0 radical (unpaired) electrons. The number of carbonyl (C=O) groups is 1. The van der Waals surface area contributed by atoms with Gasteiger partial charge in [0.2, 0.25) is 0 Å². The number of hydrogen-bond acceptors (Lipinski definition) is 3. The average Bonchev–Trinajstić information content (AvgIpc) is 2.32. The quantitative estimate of drug-likeness (QED) is 0.683. The fourth-order valence-corrected chi connectivity index (χ4v) is 1.96. The van der Waals surface area contributed by atoms with Crippen molar-refractivity contribution in [2.24, 2.45) is 0 Å². The number of halogens is 1. The van der Waals surface area contributed by atoms with E-state index < -0.39 is 0 Å². The van der Waals surface area contributed by atoms with E-state index in [2.05, 4.69) is 20.9 Å². The summed E-state index contributed by atoms with van der Waals surface area (Å²) in [5.41, 5.74) is 8.07. The molecule has 17 heavy (non-hydrogen) atoms. The number of aryl methyl sites for hydroxylation is 1. The van der Waals surface area contributed by atoms with E-state index in [1.165, 1.54) is 0 Å². The van der Waals surface area contributed by atoms with E-state index >= 15 is 0 Å². The zero-order valence-corrected chi connectivity index (χ0v) is 10.9. The van der Waals surface area contributed by atoms with Crippen LogP contribution in [-0.4, -0.2) is 10.8 Å². The van der Waals surface area contributed by atoms with Crippen LogP contribution in [0.5, 0.6) is 0 Å². The zero-order valence-electron chi connectivity index (χ0n) is 9.27. The van der Waals surface area contributed by atoms with Gasteiger partial charge in [0.25, 0.3) is 0 Å². The van der Waals surface area contributed by atoms with Crippen molar-refractivity contribution < 1.29 is 4.79 Å². The molecule has 0 aliphatic carbocycles. The Balaban J connectivity index is 2.51. The van der Waals surface area contributed by atoms with Crippen LogP contribution in [0.3, 0.4) is 0 Å². The van der Waals surface area contributed by atoms with Crippen molar-refractivity contribution in [1.82, 2.24) is 4.98 Å². The third-order valence-electron chi connectivity index (χ3n) is 2.51. The highest BCUT2D eigenvalue weighted by atomic mass is 79.9. The maximum atomic E-state index is 12.3. The first kappa shape index (κ1) is 11.8. The molecule has 0 saturated carbocycles. The number of pyridine rings is 1. The summed E-state index contributed by atoms with van der Waals surface area (Å²) in [5, 5.41) is 0. The van der Waals surface area contributed by atoms with Crippen molar-refractivity contribution in [2.75, 3.05) is 5.73 Å². The van der Waals surface area contributed by atoms with E-state index in [0.29, 0.717) is 22.5 Å². The molecule has 0 unspecified atom stereocenters. The molecule has 0 atom stereocenters. The highest BCUT2D eigenvalue weighted by Crippen LogP contribution is 2.22. The molecule has 0 saturated heterocycles. The smallest absolute Gasteiger partial charge is 0.196 e.